The Labute approximate surface area is 126 Å². The molecule has 2 heterocycles. The third-order valence-corrected chi connectivity index (χ3v) is 3.38. The number of benzene rings is 1. The molecule has 1 aromatic carbocycles. The first kappa shape index (κ1) is 14.0. The highest BCUT2D eigenvalue weighted by Crippen LogP contribution is 2.15. The lowest BCUT2D eigenvalue weighted by Crippen LogP contribution is -2.28. The van der Waals surface area contributed by atoms with Crippen LogP contribution in [-0.2, 0) is 4.79 Å². The molecule has 22 heavy (non-hydrogen) atoms. The predicted molar refractivity (Wildman–Crippen MR) is 81.4 cm³/mol. The topological polar surface area (TPSA) is 85.3 Å². The van der Waals surface area contributed by atoms with Gasteiger partial charge < -0.3 is 4.42 Å². The molecule has 0 bridgehead atoms. The summed E-state index contributed by atoms with van der Waals surface area (Å²) in [7, 11) is 0. The number of carbonyl (C=O) groups excluding carboxylic acids is 1. The van der Waals surface area contributed by atoms with E-state index in [9.17, 15) is 4.79 Å². The fourth-order valence-electron chi connectivity index (χ4n) is 2.05. The zero-order chi connectivity index (χ0) is 15.5. The second-order valence-electron chi connectivity index (χ2n) is 4.90. The van der Waals surface area contributed by atoms with Gasteiger partial charge in [0.2, 0.25) is 0 Å². The molecule has 1 amide bonds. The molecule has 0 aliphatic rings. The Morgan fingerprint density at radius 3 is 3.00 bits per heavy atom. The number of fused-ring (bicyclic) bond motifs is 1. The maximum atomic E-state index is 12.2. The van der Waals surface area contributed by atoms with Gasteiger partial charge in [-0.05, 0) is 37.6 Å². The average molecular weight is 297 g/mol. The Kier molecular flexibility index (Phi) is 3.69. The Hall–Kier alpha value is -2.96. The molecule has 1 N–H and O–H groups in total. The monoisotopic (exact) mass is 297 g/mol. The largest absolute Gasteiger partial charge is 0.463 e. The first-order valence-electron chi connectivity index (χ1n) is 6.84. The van der Waals surface area contributed by atoms with Crippen LogP contribution in [-0.4, -0.2) is 27.1 Å². The molecule has 112 valence electrons. The molecule has 0 fully saturated rings. The van der Waals surface area contributed by atoms with Crippen LogP contribution < -0.4 is 5.43 Å². The molecular formula is C15H15N5O2. The number of hydrazone groups is 1. The second kappa shape index (κ2) is 5.80. The molecule has 0 saturated carbocycles. The Morgan fingerprint density at radius 2 is 2.23 bits per heavy atom. The standard InChI is InChI=1S/C15H15N5O2/c1-10-7-8-22-14(10)9-16-18-15(21)11(2)20-13-6-4-3-5-12(13)17-19-20/h3-9,11H,1-2H3,(H,18,21)/b16-9-/t11-/m0/s1. The van der Waals surface area contributed by atoms with E-state index in [4.69, 9.17) is 4.42 Å². The molecule has 0 radical (unpaired) electrons. The number of hydrogen-bond donors (Lipinski definition) is 1. The van der Waals surface area contributed by atoms with Crippen LogP contribution >= 0.6 is 0 Å². The summed E-state index contributed by atoms with van der Waals surface area (Å²) in [4.78, 5) is 12.2. The minimum Gasteiger partial charge on any atom is -0.463 e. The summed E-state index contributed by atoms with van der Waals surface area (Å²) in [5, 5.41) is 12.0. The zero-order valence-electron chi connectivity index (χ0n) is 12.2. The van der Waals surface area contributed by atoms with Gasteiger partial charge in [-0.25, -0.2) is 10.1 Å². The number of carbonyl (C=O) groups is 1. The first-order chi connectivity index (χ1) is 10.7. The zero-order valence-corrected chi connectivity index (χ0v) is 12.2. The van der Waals surface area contributed by atoms with Gasteiger partial charge >= 0.3 is 0 Å². The fraction of sp³-hybridized carbons (Fsp3) is 0.200. The molecule has 3 aromatic rings. The predicted octanol–water partition coefficient (Wildman–Crippen LogP) is 2.04. The Balaban J connectivity index is 1.72. The van der Waals surface area contributed by atoms with E-state index in [0.717, 1.165) is 16.6 Å². The van der Waals surface area contributed by atoms with Gasteiger partial charge in [-0.15, -0.1) is 5.10 Å². The molecule has 3 rings (SSSR count). The Bertz CT molecular complexity index is 833. The van der Waals surface area contributed by atoms with Crippen LogP contribution in [0.2, 0.25) is 0 Å². The van der Waals surface area contributed by atoms with Crippen LogP contribution in [0.15, 0.2) is 46.1 Å². The lowest BCUT2D eigenvalue weighted by Gasteiger charge is -2.10. The number of nitrogens with zero attached hydrogens (tertiary/aromatic N) is 4. The van der Waals surface area contributed by atoms with Crippen molar-refractivity contribution in [2.24, 2.45) is 5.10 Å². The lowest BCUT2D eigenvalue weighted by atomic mass is 10.3. The number of aryl methyl sites for hydroxylation is 1. The summed E-state index contributed by atoms with van der Waals surface area (Å²) >= 11 is 0. The number of rotatable bonds is 4. The van der Waals surface area contributed by atoms with E-state index >= 15 is 0 Å². The fourth-order valence-corrected chi connectivity index (χ4v) is 2.05. The van der Waals surface area contributed by atoms with E-state index in [-0.39, 0.29) is 5.91 Å². The van der Waals surface area contributed by atoms with Crippen LogP contribution in [0, 0.1) is 6.92 Å². The number of amides is 1. The smallest absolute Gasteiger partial charge is 0.264 e. The SMILES string of the molecule is Cc1ccoc1/C=N\NC(=O)[C@H](C)n1nnc2ccccc21. The van der Waals surface area contributed by atoms with Crippen LogP contribution in [0.4, 0.5) is 0 Å². The number of furan rings is 1. The van der Waals surface area contributed by atoms with Crippen molar-refractivity contribution in [3.05, 3.63) is 47.9 Å². The molecular weight excluding hydrogens is 282 g/mol. The molecule has 0 spiro atoms. The molecule has 2 aromatic heterocycles. The van der Waals surface area contributed by atoms with E-state index in [1.807, 2.05) is 37.3 Å². The quantitative estimate of drug-likeness (QED) is 0.590. The molecule has 0 unspecified atom stereocenters. The van der Waals surface area contributed by atoms with E-state index in [1.165, 1.54) is 6.21 Å². The van der Waals surface area contributed by atoms with Gasteiger partial charge in [0, 0.05) is 0 Å². The maximum Gasteiger partial charge on any atom is 0.264 e. The summed E-state index contributed by atoms with van der Waals surface area (Å²) in [5.74, 6) is 0.329. The minimum absolute atomic E-state index is 0.281. The van der Waals surface area contributed by atoms with Crippen molar-refractivity contribution in [3.63, 3.8) is 0 Å². The van der Waals surface area contributed by atoms with Gasteiger partial charge in [0.15, 0.2) is 0 Å². The van der Waals surface area contributed by atoms with E-state index in [0.29, 0.717) is 5.76 Å². The molecule has 7 nitrogen and oxygen atoms in total. The Morgan fingerprint density at radius 1 is 1.41 bits per heavy atom. The van der Waals surface area contributed by atoms with Gasteiger partial charge in [0.25, 0.3) is 5.91 Å². The van der Waals surface area contributed by atoms with Crippen LogP contribution in [0.3, 0.4) is 0 Å². The maximum absolute atomic E-state index is 12.2. The summed E-state index contributed by atoms with van der Waals surface area (Å²) in [6.07, 6.45) is 3.04. The highest BCUT2D eigenvalue weighted by molar-refractivity contribution is 5.84. The highest BCUT2D eigenvalue weighted by Gasteiger charge is 2.18. The number of nitrogens with one attached hydrogen (secondary N) is 1. The third-order valence-electron chi connectivity index (χ3n) is 3.38. The molecule has 0 aliphatic heterocycles. The van der Waals surface area contributed by atoms with Crippen LogP contribution in [0.5, 0.6) is 0 Å². The summed E-state index contributed by atoms with van der Waals surface area (Å²) < 4.78 is 6.78. The normalized spacial score (nSPS) is 12.8. The van der Waals surface area contributed by atoms with Crippen molar-refractivity contribution in [2.75, 3.05) is 0 Å². The van der Waals surface area contributed by atoms with Crippen molar-refractivity contribution < 1.29 is 9.21 Å². The van der Waals surface area contributed by atoms with Crippen molar-refractivity contribution >= 4 is 23.2 Å². The van der Waals surface area contributed by atoms with Gasteiger partial charge in [0.05, 0.1) is 18.0 Å². The second-order valence-corrected chi connectivity index (χ2v) is 4.90. The third kappa shape index (κ3) is 2.60. The number of para-hydroxylation sites is 1. The van der Waals surface area contributed by atoms with Crippen LogP contribution in [0.1, 0.15) is 24.3 Å². The molecule has 7 heteroatoms. The van der Waals surface area contributed by atoms with Crippen molar-refractivity contribution in [2.45, 2.75) is 19.9 Å². The van der Waals surface area contributed by atoms with Gasteiger partial charge in [-0.2, -0.15) is 5.10 Å². The summed E-state index contributed by atoms with van der Waals surface area (Å²) in [6, 6.07) is 8.78. The summed E-state index contributed by atoms with van der Waals surface area (Å²) in [6.45, 7) is 3.64. The van der Waals surface area contributed by atoms with Gasteiger partial charge in [0.1, 0.15) is 17.3 Å². The van der Waals surface area contributed by atoms with Crippen molar-refractivity contribution in [3.8, 4) is 0 Å². The van der Waals surface area contributed by atoms with E-state index in [2.05, 4.69) is 20.8 Å². The van der Waals surface area contributed by atoms with E-state index in [1.54, 1.807) is 17.9 Å². The molecule has 1 atom stereocenters. The molecule has 0 aliphatic carbocycles. The summed E-state index contributed by atoms with van der Waals surface area (Å²) in [5.41, 5.74) is 4.98. The van der Waals surface area contributed by atoms with Gasteiger partial charge in [-0.1, -0.05) is 17.3 Å². The average Bonchev–Trinajstić information content (AvgIpc) is 3.13. The molecule has 0 saturated heterocycles. The highest BCUT2D eigenvalue weighted by atomic mass is 16.3. The van der Waals surface area contributed by atoms with Crippen molar-refractivity contribution in [1.29, 1.82) is 0 Å². The van der Waals surface area contributed by atoms with Crippen molar-refractivity contribution in [1.82, 2.24) is 20.4 Å². The number of hydrogen-bond acceptors (Lipinski definition) is 5. The number of aromatic nitrogens is 3. The van der Waals surface area contributed by atoms with E-state index < -0.39 is 6.04 Å². The lowest BCUT2D eigenvalue weighted by molar-refractivity contribution is -0.124. The van der Waals surface area contributed by atoms with Crippen LogP contribution in [0.25, 0.3) is 11.0 Å². The first-order valence-corrected chi connectivity index (χ1v) is 6.84. The van der Waals surface area contributed by atoms with Gasteiger partial charge in [-0.3, -0.25) is 4.79 Å². The minimum atomic E-state index is -0.526.